The highest BCUT2D eigenvalue weighted by atomic mass is 79.9. The third-order valence-electron chi connectivity index (χ3n) is 16.8. The van der Waals surface area contributed by atoms with Crippen LogP contribution in [0.3, 0.4) is 0 Å². The molecule has 10 rings (SSSR count). The summed E-state index contributed by atoms with van der Waals surface area (Å²) < 4.78 is 6.21. The summed E-state index contributed by atoms with van der Waals surface area (Å²) in [5, 5.41) is 48.2. The fourth-order valence-corrected chi connectivity index (χ4v) is 12.2. The molecule has 26 heteroatoms. The van der Waals surface area contributed by atoms with Crippen molar-refractivity contribution < 1.29 is 43.4 Å². The molecule has 2 atom stereocenters. The maximum Gasteiger partial charge on any atom is 0.407 e. The second-order valence-corrected chi connectivity index (χ2v) is 25.6. The van der Waals surface area contributed by atoms with E-state index in [0.29, 0.717) is 80.4 Å². The number of nitrogens with two attached hydrogens (primary N) is 1. The molecule has 5 aromatic carbocycles. The number of nitrogens with one attached hydrogen (secondary N) is 6. The van der Waals surface area contributed by atoms with Crippen LogP contribution in [0.15, 0.2) is 126 Å². The highest BCUT2D eigenvalue weighted by Gasteiger charge is 2.37. The first-order valence-corrected chi connectivity index (χ1v) is 31.8. The van der Waals surface area contributed by atoms with Crippen LogP contribution in [0.5, 0.6) is 0 Å². The van der Waals surface area contributed by atoms with Gasteiger partial charge in [-0.3, -0.25) is 28.9 Å². The van der Waals surface area contributed by atoms with Gasteiger partial charge in [-0.05, 0) is 196 Å². The standard InChI is InChI=1S/C37H43N9O5.C29H36BrN7O4/c1-45-16-18-46(19-17-45)36(49)30-7-3-6-29(22-30)28-5-2-4-25(20-28)21-32(40-34(47)27-10-8-24(9-11-27)23-38-37(50)51)35(48)39-31-14-12-26(13-15-31)33-41-43-44-42-33;1-29(2,3)41-28(40)32-17-18-7-9-21(10-8-18)27(39)37(23-13-11-20(12-14-23)26-33-35-36-34-26)24(25(31)38)16-19-5-4-6-22(30)15-19/h2-7,12-15,20,22,24,27,32,38H,8-11,16-19,21,23H2,1H3,(H,39,48)(H,40,47)(H,50,51)(H,41,42,43,44);4-6,11-15,18,21,24H,7-10,16-17H2,1-3H3,(H2,31,38)(H,32,40)(H,33,34,35,36)/t24?,27?,32-;18?,21?,24-/m00/s1. The zero-order valence-corrected chi connectivity index (χ0v) is 53.6. The lowest BCUT2D eigenvalue weighted by Gasteiger charge is -2.36. The Morgan fingerprint density at radius 2 is 1.23 bits per heavy atom. The van der Waals surface area contributed by atoms with Crippen LogP contribution in [0.1, 0.15) is 93.6 Å². The quantitative estimate of drug-likeness (QED) is 0.0358. The second-order valence-electron chi connectivity index (χ2n) is 24.7. The van der Waals surface area contributed by atoms with Crippen LogP contribution in [0, 0.1) is 23.7 Å². The normalized spacial score (nSPS) is 18.2. The summed E-state index contributed by atoms with van der Waals surface area (Å²) in [6.07, 6.45) is 4.50. The smallest absolute Gasteiger partial charge is 0.407 e. The van der Waals surface area contributed by atoms with E-state index in [1.807, 2.05) is 98.5 Å². The molecule has 9 N–H and O–H groups in total. The lowest BCUT2D eigenvalue weighted by Crippen LogP contribution is -2.52. The van der Waals surface area contributed by atoms with Gasteiger partial charge in [-0.1, -0.05) is 64.5 Å². The molecule has 1 saturated heterocycles. The third-order valence-corrected chi connectivity index (χ3v) is 17.3. The fraction of sp³-hybridized carbons (Fsp3) is 0.409. The van der Waals surface area contributed by atoms with Gasteiger partial charge in [0.2, 0.25) is 35.3 Å². The van der Waals surface area contributed by atoms with Gasteiger partial charge < -0.3 is 46.6 Å². The zero-order valence-electron chi connectivity index (χ0n) is 52.0. The molecule has 0 unspecified atom stereocenters. The lowest BCUT2D eigenvalue weighted by atomic mass is 9.81. The van der Waals surface area contributed by atoms with Gasteiger partial charge in [0.05, 0.1) is 0 Å². The van der Waals surface area contributed by atoms with Crippen LogP contribution in [-0.2, 0) is 36.8 Å². The molecular formula is C66H79BrN16O9. The number of aromatic amines is 2. The predicted octanol–water partition coefficient (Wildman–Crippen LogP) is 8.05. The molecule has 2 aromatic heterocycles. The Balaban J connectivity index is 0.000000223. The summed E-state index contributed by atoms with van der Waals surface area (Å²) in [6, 6.07) is 35.4. The largest absolute Gasteiger partial charge is 0.465 e. The molecule has 2 saturated carbocycles. The van der Waals surface area contributed by atoms with Gasteiger partial charge in [0.1, 0.15) is 17.7 Å². The summed E-state index contributed by atoms with van der Waals surface area (Å²) in [4.78, 5) is 96.4. The summed E-state index contributed by atoms with van der Waals surface area (Å²) in [5.41, 5.74) is 12.1. The Kier molecular flexibility index (Phi) is 23.0. The first-order valence-electron chi connectivity index (χ1n) is 31.0. The second kappa shape index (κ2) is 31.5. The molecule has 3 aliphatic rings. The number of likely N-dealkylation sites (N-methyl/N-ethyl adjacent to an activating group) is 1. The van der Waals surface area contributed by atoms with Crippen molar-refractivity contribution in [3.05, 3.63) is 142 Å². The van der Waals surface area contributed by atoms with Crippen molar-refractivity contribution in [2.75, 3.05) is 56.5 Å². The first-order chi connectivity index (χ1) is 44.2. The molecule has 92 heavy (non-hydrogen) atoms. The van der Waals surface area contributed by atoms with Crippen molar-refractivity contribution >= 4 is 69.0 Å². The SMILES string of the molecule is CC(C)(C)OC(=O)NCC1CCC(C(=O)N(c2ccc(-c3nn[nH]n3)cc2)[C@@H](Cc2cccc(Br)c2)C(N)=O)CC1.CN1CCN(C(=O)c2cccc(-c3cccc(C[C@H](NC(=O)C4CCC(CNC(=O)O)CC4)C(=O)Nc4ccc(-c5nn[nH]n5)cc4)c3)c2)CC1. The van der Waals surface area contributed by atoms with Gasteiger partial charge >= 0.3 is 12.2 Å². The average Bonchev–Trinajstić information content (AvgIpc) is 0.881. The molecule has 3 fully saturated rings. The third kappa shape index (κ3) is 19.1. The number of halogens is 1. The van der Waals surface area contributed by atoms with Crippen molar-refractivity contribution in [1.29, 1.82) is 0 Å². The summed E-state index contributed by atoms with van der Waals surface area (Å²) in [5.74, 6) is -0.562. The topological polar surface area (TPSA) is 342 Å². The molecule has 0 radical (unpaired) electrons. The summed E-state index contributed by atoms with van der Waals surface area (Å²) in [6.45, 7) is 9.39. The zero-order chi connectivity index (χ0) is 65.3. The van der Waals surface area contributed by atoms with E-state index in [0.717, 1.165) is 76.6 Å². The van der Waals surface area contributed by atoms with Gasteiger partial charge in [0.15, 0.2) is 0 Å². The van der Waals surface area contributed by atoms with Crippen LogP contribution in [0.25, 0.3) is 33.9 Å². The number of carbonyl (C=O) groups excluding carboxylic acids is 6. The molecule has 7 aromatic rings. The number of aromatic nitrogens is 8. The maximum atomic E-state index is 14.1. The van der Waals surface area contributed by atoms with E-state index in [9.17, 15) is 33.6 Å². The Bertz CT molecular complexity index is 3620. The van der Waals surface area contributed by atoms with Gasteiger partial charge in [0, 0.05) is 96.5 Å². The molecule has 7 amide bonds. The number of alkyl carbamates (subject to hydrolysis) is 1. The van der Waals surface area contributed by atoms with Crippen molar-refractivity contribution in [3.63, 3.8) is 0 Å². The number of tetrazole rings is 2. The van der Waals surface area contributed by atoms with Crippen LogP contribution in [-0.4, -0.2) is 162 Å². The maximum absolute atomic E-state index is 14.1. The number of carboxylic acid groups (broad SMARTS) is 1. The van der Waals surface area contributed by atoms with Crippen LogP contribution in [0.2, 0.25) is 0 Å². The van der Waals surface area contributed by atoms with Crippen molar-refractivity contribution in [2.24, 2.45) is 29.4 Å². The van der Waals surface area contributed by atoms with E-state index in [1.165, 1.54) is 0 Å². The van der Waals surface area contributed by atoms with Crippen LogP contribution < -0.4 is 31.9 Å². The highest BCUT2D eigenvalue weighted by molar-refractivity contribution is 9.10. The number of nitrogens with zero attached hydrogens (tertiary/aromatic N) is 9. The molecule has 3 heterocycles. The van der Waals surface area contributed by atoms with E-state index < -0.39 is 35.8 Å². The molecule has 2 aliphatic carbocycles. The molecular weight excluding hydrogens is 1240 g/mol. The van der Waals surface area contributed by atoms with Crippen LogP contribution >= 0.6 is 15.9 Å². The number of carbonyl (C=O) groups is 7. The van der Waals surface area contributed by atoms with Gasteiger partial charge in [0.25, 0.3) is 5.91 Å². The van der Waals surface area contributed by atoms with E-state index in [1.54, 1.807) is 53.4 Å². The predicted molar refractivity (Wildman–Crippen MR) is 348 cm³/mol. The number of primary amides is 1. The average molecular weight is 1320 g/mol. The minimum Gasteiger partial charge on any atom is -0.465 e. The molecule has 1 aliphatic heterocycles. The monoisotopic (exact) mass is 1320 g/mol. The van der Waals surface area contributed by atoms with Gasteiger partial charge in [-0.15, -0.1) is 20.4 Å². The summed E-state index contributed by atoms with van der Waals surface area (Å²) >= 11 is 3.48. The van der Waals surface area contributed by atoms with Gasteiger partial charge in [-0.2, -0.15) is 10.4 Å². The number of hydrogen-bond acceptors (Lipinski definition) is 15. The minimum atomic E-state index is -1.05. The number of ether oxygens (including phenoxy) is 1. The number of hydrogen-bond donors (Lipinski definition) is 8. The Morgan fingerprint density at radius 1 is 0.674 bits per heavy atom. The van der Waals surface area contributed by atoms with Gasteiger partial charge in [-0.25, -0.2) is 9.59 Å². The Labute approximate surface area is 541 Å². The number of H-pyrrole nitrogens is 2. The van der Waals surface area contributed by atoms with E-state index in [-0.39, 0.29) is 60.1 Å². The number of rotatable bonds is 20. The van der Waals surface area contributed by atoms with Crippen molar-refractivity contribution in [2.45, 2.75) is 103 Å². The lowest BCUT2D eigenvalue weighted by molar-refractivity contribution is -0.130. The number of anilines is 2. The first kappa shape index (κ1) is 67.0. The Hall–Kier alpha value is -9.43. The number of benzene rings is 5. The molecule has 484 valence electrons. The minimum absolute atomic E-state index is 0.0121. The van der Waals surface area contributed by atoms with Crippen molar-refractivity contribution in [3.8, 4) is 33.9 Å². The van der Waals surface area contributed by atoms with E-state index in [2.05, 4.69) is 90.4 Å². The fourth-order valence-electron chi connectivity index (χ4n) is 11.8. The van der Waals surface area contributed by atoms with Crippen molar-refractivity contribution in [1.82, 2.24) is 67.0 Å². The molecule has 25 nitrogen and oxygen atoms in total. The van der Waals surface area contributed by atoms with E-state index in [4.69, 9.17) is 15.6 Å². The Morgan fingerprint density at radius 3 is 1.79 bits per heavy atom. The highest BCUT2D eigenvalue weighted by Crippen LogP contribution is 2.34. The van der Waals surface area contributed by atoms with Crippen LogP contribution in [0.4, 0.5) is 21.0 Å². The number of amides is 7. The number of piperazine rings is 1. The molecule has 0 bridgehead atoms. The molecule has 0 spiro atoms. The summed E-state index contributed by atoms with van der Waals surface area (Å²) in [7, 11) is 2.06. The van der Waals surface area contributed by atoms with E-state index >= 15 is 0 Å².